The summed E-state index contributed by atoms with van der Waals surface area (Å²) in [7, 11) is 0. The summed E-state index contributed by atoms with van der Waals surface area (Å²) in [5, 5.41) is 13.0. The normalized spacial score (nSPS) is 26.2. The van der Waals surface area contributed by atoms with Gasteiger partial charge in [-0.25, -0.2) is 0 Å². The zero-order valence-corrected chi connectivity index (χ0v) is 13.2. The molecule has 1 aromatic carbocycles. The van der Waals surface area contributed by atoms with Crippen LogP contribution < -0.4 is 11.1 Å². The molecular formula is C15H21BrN2O2. The van der Waals surface area contributed by atoms with Crippen molar-refractivity contribution in [1.29, 1.82) is 0 Å². The Kier molecular flexibility index (Phi) is 4.70. The quantitative estimate of drug-likeness (QED) is 0.791. The second-order valence-electron chi connectivity index (χ2n) is 5.62. The van der Waals surface area contributed by atoms with Gasteiger partial charge in [-0.15, -0.1) is 0 Å². The van der Waals surface area contributed by atoms with Crippen molar-refractivity contribution in [3.05, 3.63) is 28.2 Å². The molecule has 0 spiro atoms. The Bertz CT molecular complexity index is 507. The number of nitrogens with one attached hydrogen (secondary N) is 1. The van der Waals surface area contributed by atoms with Gasteiger partial charge in [-0.05, 0) is 37.0 Å². The molecule has 2 unspecified atom stereocenters. The minimum Gasteiger partial charge on any atom is -0.507 e. The number of phenols is 1. The predicted molar refractivity (Wildman–Crippen MR) is 82.7 cm³/mol. The van der Waals surface area contributed by atoms with Crippen LogP contribution in [0.25, 0.3) is 0 Å². The van der Waals surface area contributed by atoms with E-state index in [1.807, 2.05) is 0 Å². The topological polar surface area (TPSA) is 75.3 Å². The number of benzene rings is 1. The zero-order chi connectivity index (χ0) is 14.8. The minimum absolute atomic E-state index is 0.0208. The summed E-state index contributed by atoms with van der Waals surface area (Å²) in [4.78, 5) is 12.4. The van der Waals surface area contributed by atoms with Crippen molar-refractivity contribution in [3.63, 3.8) is 0 Å². The number of halogens is 1. The number of hydrogen-bond acceptors (Lipinski definition) is 3. The Hall–Kier alpha value is -1.07. The van der Waals surface area contributed by atoms with Crippen LogP contribution in [0.15, 0.2) is 22.7 Å². The molecule has 0 bridgehead atoms. The Labute approximate surface area is 127 Å². The predicted octanol–water partition coefficient (Wildman–Crippen LogP) is 2.79. The molecule has 110 valence electrons. The molecule has 5 heteroatoms. The van der Waals surface area contributed by atoms with Crippen LogP contribution >= 0.6 is 15.9 Å². The van der Waals surface area contributed by atoms with Crippen molar-refractivity contribution in [2.24, 2.45) is 11.7 Å². The second-order valence-corrected chi connectivity index (χ2v) is 6.54. The number of carbonyl (C=O) groups excluding carboxylic acids is 1. The highest BCUT2D eigenvalue weighted by Gasteiger charge is 2.38. The number of aromatic hydroxyl groups is 1. The molecule has 0 aliphatic heterocycles. The monoisotopic (exact) mass is 340 g/mol. The first kappa shape index (κ1) is 15.3. The molecule has 4 nitrogen and oxygen atoms in total. The van der Waals surface area contributed by atoms with Gasteiger partial charge in [0.1, 0.15) is 5.75 Å². The van der Waals surface area contributed by atoms with Crippen molar-refractivity contribution in [1.82, 2.24) is 5.32 Å². The first-order valence-electron chi connectivity index (χ1n) is 6.99. The maximum Gasteiger partial charge on any atom is 0.255 e. The van der Waals surface area contributed by atoms with Crippen molar-refractivity contribution in [2.75, 3.05) is 6.54 Å². The van der Waals surface area contributed by atoms with E-state index in [0.29, 0.717) is 18.0 Å². The van der Waals surface area contributed by atoms with Gasteiger partial charge in [0.25, 0.3) is 5.91 Å². The van der Waals surface area contributed by atoms with Crippen LogP contribution in [0.2, 0.25) is 0 Å². The molecule has 1 aromatic rings. The summed E-state index contributed by atoms with van der Waals surface area (Å²) in [5.41, 5.74) is 5.87. The maximum atomic E-state index is 12.4. The molecule has 1 fully saturated rings. The standard InChI is InChI=1S/C15H21BrN2O2/c1-10-4-2-3-7-15(10,9-17)18-14(20)12-6-5-11(16)8-13(12)19/h5-6,8,10,19H,2-4,7,9,17H2,1H3,(H,18,20). The van der Waals surface area contributed by atoms with Crippen LogP contribution in [0.1, 0.15) is 43.0 Å². The Morgan fingerprint density at radius 1 is 1.55 bits per heavy atom. The Morgan fingerprint density at radius 2 is 2.30 bits per heavy atom. The van der Waals surface area contributed by atoms with Crippen molar-refractivity contribution >= 4 is 21.8 Å². The third kappa shape index (κ3) is 2.99. The highest BCUT2D eigenvalue weighted by molar-refractivity contribution is 9.10. The Morgan fingerprint density at radius 3 is 2.90 bits per heavy atom. The molecule has 0 radical (unpaired) electrons. The van der Waals surface area contributed by atoms with E-state index in [1.165, 1.54) is 12.5 Å². The first-order chi connectivity index (χ1) is 9.48. The number of carbonyl (C=O) groups is 1. The van der Waals surface area contributed by atoms with Crippen LogP contribution in [0.5, 0.6) is 5.75 Å². The minimum atomic E-state index is -0.352. The highest BCUT2D eigenvalue weighted by atomic mass is 79.9. The summed E-state index contributed by atoms with van der Waals surface area (Å²) < 4.78 is 0.742. The lowest BCUT2D eigenvalue weighted by molar-refractivity contribution is 0.0810. The average Bonchev–Trinajstić information content (AvgIpc) is 2.41. The van der Waals surface area contributed by atoms with Gasteiger partial charge in [0.2, 0.25) is 0 Å². The van der Waals surface area contributed by atoms with Crippen LogP contribution in [-0.4, -0.2) is 23.1 Å². The summed E-state index contributed by atoms with van der Waals surface area (Å²) in [6.07, 6.45) is 4.23. The Balaban J connectivity index is 2.20. The van der Waals surface area contributed by atoms with E-state index in [2.05, 4.69) is 28.2 Å². The van der Waals surface area contributed by atoms with E-state index in [4.69, 9.17) is 5.73 Å². The summed E-state index contributed by atoms with van der Waals surface area (Å²) >= 11 is 3.27. The van der Waals surface area contributed by atoms with Crippen LogP contribution in [0, 0.1) is 5.92 Å². The van der Waals surface area contributed by atoms with E-state index in [0.717, 1.165) is 23.7 Å². The fraction of sp³-hybridized carbons (Fsp3) is 0.533. The highest BCUT2D eigenvalue weighted by Crippen LogP contribution is 2.33. The van der Waals surface area contributed by atoms with Crippen LogP contribution in [0.4, 0.5) is 0 Å². The number of phenolic OH excluding ortho intramolecular Hbond substituents is 1. The van der Waals surface area contributed by atoms with Gasteiger partial charge in [0.15, 0.2) is 0 Å². The van der Waals surface area contributed by atoms with Gasteiger partial charge < -0.3 is 16.2 Å². The summed E-state index contributed by atoms with van der Waals surface area (Å²) in [5.74, 6) is 0.0736. The lowest BCUT2D eigenvalue weighted by Crippen LogP contribution is -2.59. The smallest absolute Gasteiger partial charge is 0.255 e. The molecule has 1 aliphatic rings. The molecule has 20 heavy (non-hydrogen) atoms. The van der Waals surface area contributed by atoms with E-state index in [1.54, 1.807) is 12.1 Å². The van der Waals surface area contributed by atoms with Gasteiger partial charge in [-0.1, -0.05) is 35.7 Å². The lowest BCUT2D eigenvalue weighted by atomic mass is 9.73. The zero-order valence-electron chi connectivity index (χ0n) is 11.7. The average molecular weight is 341 g/mol. The van der Waals surface area contributed by atoms with Gasteiger partial charge in [0.05, 0.1) is 11.1 Å². The fourth-order valence-corrected chi connectivity index (χ4v) is 3.29. The molecule has 0 saturated heterocycles. The molecular weight excluding hydrogens is 320 g/mol. The van der Waals surface area contributed by atoms with E-state index < -0.39 is 0 Å². The van der Waals surface area contributed by atoms with E-state index in [-0.39, 0.29) is 17.2 Å². The molecule has 1 aliphatic carbocycles. The number of rotatable bonds is 3. The molecule has 0 aromatic heterocycles. The lowest BCUT2D eigenvalue weighted by Gasteiger charge is -2.42. The number of amides is 1. The molecule has 1 saturated carbocycles. The van der Waals surface area contributed by atoms with Crippen LogP contribution in [0.3, 0.4) is 0 Å². The van der Waals surface area contributed by atoms with Crippen LogP contribution in [-0.2, 0) is 0 Å². The largest absolute Gasteiger partial charge is 0.507 e. The molecule has 1 amide bonds. The van der Waals surface area contributed by atoms with Gasteiger partial charge >= 0.3 is 0 Å². The maximum absolute atomic E-state index is 12.4. The molecule has 0 heterocycles. The van der Waals surface area contributed by atoms with E-state index in [9.17, 15) is 9.90 Å². The summed E-state index contributed by atoms with van der Waals surface area (Å²) in [6, 6.07) is 4.88. The second kappa shape index (κ2) is 6.14. The van der Waals surface area contributed by atoms with Crippen molar-refractivity contribution in [2.45, 2.75) is 38.1 Å². The van der Waals surface area contributed by atoms with Gasteiger partial charge in [-0.2, -0.15) is 0 Å². The SMILES string of the molecule is CC1CCCCC1(CN)NC(=O)c1ccc(Br)cc1O. The van der Waals surface area contributed by atoms with Gasteiger partial charge in [-0.3, -0.25) is 4.79 Å². The fourth-order valence-electron chi connectivity index (χ4n) is 2.94. The van der Waals surface area contributed by atoms with E-state index >= 15 is 0 Å². The molecule has 2 atom stereocenters. The third-order valence-electron chi connectivity index (χ3n) is 4.38. The number of hydrogen-bond donors (Lipinski definition) is 3. The molecule has 2 rings (SSSR count). The number of nitrogens with two attached hydrogens (primary N) is 1. The third-order valence-corrected chi connectivity index (χ3v) is 4.88. The van der Waals surface area contributed by atoms with Crippen molar-refractivity contribution in [3.8, 4) is 5.75 Å². The van der Waals surface area contributed by atoms with Crippen molar-refractivity contribution < 1.29 is 9.90 Å². The summed E-state index contributed by atoms with van der Waals surface area (Å²) in [6.45, 7) is 2.56. The molecule has 4 N–H and O–H groups in total. The van der Waals surface area contributed by atoms with Gasteiger partial charge in [0, 0.05) is 11.0 Å². The first-order valence-corrected chi connectivity index (χ1v) is 7.79.